The van der Waals surface area contributed by atoms with Crippen molar-refractivity contribution in [3.63, 3.8) is 0 Å². The molecule has 0 atom stereocenters. The third-order valence-corrected chi connectivity index (χ3v) is 5.19. The van der Waals surface area contributed by atoms with E-state index in [1.807, 2.05) is 0 Å². The van der Waals surface area contributed by atoms with Gasteiger partial charge in [0.2, 0.25) is 10.0 Å². The number of hydrogen-bond acceptors (Lipinski definition) is 4. The Morgan fingerprint density at radius 3 is 2.38 bits per heavy atom. The van der Waals surface area contributed by atoms with Gasteiger partial charge in [0.05, 0.1) is 16.9 Å². The molecule has 2 N–H and O–H groups in total. The fraction of sp³-hybridized carbons (Fsp3) is 0.118. The van der Waals surface area contributed by atoms with Crippen LogP contribution in [0.2, 0.25) is 0 Å². The molecule has 26 heavy (non-hydrogen) atoms. The van der Waals surface area contributed by atoms with Crippen LogP contribution in [0.25, 0.3) is 11.3 Å². The van der Waals surface area contributed by atoms with E-state index in [-0.39, 0.29) is 10.6 Å². The minimum atomic E-state index is -3.69. The molecular weight excluding hydrogens is 362 g/mol. The van der Waals surface area contributed by atoms with Gasteiger partial charge in [-0.1, -0.05) is 6.07 Å². The zero-order valence-electron chi connectivity index (χ0n) is 14.0. The molecule has 3 rings (SSSR count). The second-order valence-electron chi connectivity index (χ2n) is 5.56. The van der Waals surface area contributed by atoms with E-state index >= 15 is 0 Å². The number of halogens is 2. The fourth-order valence-electron chi connectivity index (χ4n) is 2.43. The first-order chi connectivity index (χ1) is 12.3. The van der Waals surface area contributed by atoms with Crippen LogP contribution in [0.1, 0.15) is 0 Å². The Kier molecular flexibility index (Phi) is 4.75. The Morgan fingerprint density at radius 2 is 1.81 bits per heavy atom. The molecule has 0 spiro atoms. The number of para-hydroxylation sites is 1. The molecule has 0 aliphatic carbocycles. The van der Waals surface area contributed by atoms with E-state index < -0.39 is 21.7 Å². The van der Waals surface area contributed by atoms with Crippen LogP contribution in [0.3, 0.4) is 0 Å². The number of rotatable bonds is 5. The molecule has 136 valence electrons. The monoisotopic (exact) mass is 378 g/mol. The number of aryl methyl sites for hydroxylation is 1. The maximum absolute atomic E-state index is 14.0. The first-order valence-electron chi connectivity index (χ1n) is 7.59. The van der Waals surface area contributed by atoms with E-state index in [2.05, 4.69) is 15.0 Å². The number of nitrogens with zero attached hydrogens (tertiary/aromatic N) is 2. The molecule has 0 amide bonds. The Balaban J connectivity index is 2.16. The Labute approximate surface area is 149 Å². The molecule has 0 saturated carbocycles. The maximum atomic E-state index is 14.0. The summed E-state index contributed by atoms with van der Waals surface area (Å²) in [5.74, 6) is -1.52. The van der Waals surface area contributed by atoms with Crippen molar-refractivity contribution in [1.82, 2.24) is 14.3 Å². The van der Waals surface area contributed by atoms with E-state index in [1.54, 1.807) is 24.1 Å². The Bertz CT molecular complexity index is 1040. The average molecular weight is 378 g/mol. The number of nitrogens with one attached hydrogen (secondary N) is 2. The van der Waals surface area contributed by atoms with Crippen molar-refractivity contribution in [2.45, 2.75) is 4.90 Å². The predicted octanol–water partition coefficient (Wildman–Crippen LogP) is 3.02. The lowest BCUT2D eigenvalue weighted by Gasteiger charge is -2.14. The number of anilines is 2. The zero-order valence-corrected chi connectivity index (χ0v) is 14.8. The van der Waals surface area contributed by atoms with Crippen LogP contribution in [0, 0.1) is 11.6 Å². The molecule has 0 aliphatic heterocycles. The highest BCUT2D eigenvalue weighted by Gasteiger charge is 2.18. The largest absolute Gasteiger partial charge is 0.350 e. The minimum Gasteiger partial charge on any atom is -0.350 e. The summed E-state index contributed by atoms with van der Waals surface area (Å²) >= 11 is 0. The van der Waals surface area contributed by atoms with Crippen molar-refractivity contribution < 1.29 is 17.2 Å². The molecule has 3 aromatic rings. The van der Waals surface area contributed by atoms with Crippen molar-refractivity contribution in [3.8, 4) is 11.3 Å². The van der Waals surface area contributed by atoms with Crippen molar-refractivity contribution >= 4 is 21.4 Å². The van der Waals surface area contributed by atoms with Gasteiger partial charge >= 0.3 is 0 Å². The highest BCUT2D eigenvalue weighted by atomic mass is 32.2. The van der Waals surface area contributed by atoms with Gasteiger partial charge in [-0.15, -0.1) is 0 Å². The van der Waals surface area contributed by atoms with E-state index in [1.165, 1.54) is 31.3 Å². The molecule has 0 saturated heterocycles. The smallest absolute Gasteiger partial charge is 0.240 e. The molecule has 0 radical (unpaired) electrons. The molecule has 0 unspecified atom stereocenters. The lowest BCUT2D eigenvalue weighted by molar-refractivity contribution is 0.587. The highest BCUT2D eigenvalue weighted by molar-refractivity contribution is 7.89. The van der Waals surface area contributed by atoms with Crippen LogP contribution >= 0.6 is 0 Å². The maximum Gasteiger partial charge on any atom is 0.240 e. The molecule has 0 bridgehead atoms. The first kappa shape index (κ1) is 18.0. The van der Waals surface area contributed by atoms with Gasteiger partial charge in [-0.2, -0.15) is 0 Å². The second-order valence-corrected chi connectivity index (χ2v) is 7.45. The first-order valence-corrected chi connectivity index (χ1v) is 9.07. The number of benzene rings is 2. The summed E-state index contributed by atoms with van der Waals surface area (Å²) < 4.78 is 56.0. The van der Waals surface area contributed by atoms with Gasteiger partial charge in [0.1, 0.15) is 17.3 Å². The van der Waals surface area contributed by atoms with E-state index in [0.29, 0.717) is 16.9 Å². The lowest BCUT2D eigenvalue weighted by atomic mass is 10.1. The molecule has 2 aromatic carbocycles. The standard InChI is InChI=1S/C17H16F2N4O2S/c1-20-26(24,25)11-6-7-15(12(8-11)16-9-23(2)10-21-16)22-17-13(18)4-3-5-14(17)19/h3-10,20,22H,1-2H3. The average Bonchev–Trinajstić information content (AvgIpc) is 3.04. The number of imidazole rings is 1. The number of hydrogen-bond donors (Lipinski definition) is 2. The summed E-state index contributed by atoms with van der Waals surface area (Å²) in [4.78, 5) is 4.22. The van der Waals surface area contributed by atoms with Crippen LogP contribution in [-0.2, 0) is 17.1 Å². The highest BCUT2D eigenvalue weighted by Crippen LogP contribution is 2.33. The summed E-state index contributed by atoms with van der Waals surface area (Å²) in [5, 5.41) is 2.70. The van der Waals surface area contributed by atoms with Crippen LogP contribution in [0.4, 0.5) is 20.2 Å². The van der Waals surface area contributed by atoms with Gasteiger partial charge < -0.3 is 9.88 Å². The second kappa shape index (κ2) is 6.85. The summed E-state index contributed by atoms with van der Waals surface area (Å²) in [7, 11) is -0.628. The molecular formula is C17H16F2N4O2S. The molecule has 0 fully saturated rings. The number of aromatic nitrogens is 2. The quantitative estimate of drug-likeness (QED) is 0.716. The molecule has 6 nitrogen and oxygen atoms in total. The van der Waals surface area contributed by atoms with E-state index in [0.717, 1.165) is 12.1 Å². The van der Waals surface area contributed by atoms with Crippen LogP contribution in [0.15, 0.2) is 53.8 Å². The summed E-state index contributed by atoms with van der Waals surface area (Å²) in [6, 6.07) is 7.71. The molecule has 0 aliphatic rings. The van der Waals surface area contributed by atoms with E-state index in [9.17, 15) is 17.2 Å². The number of sulfonamides is 1. The Morgan fingerprint density at radius 1 is 1.12 bits per heavy atom. The van der Waals surface area contributed by atoms with Crippen molar-refractivity contribution in [3.05, 3.63) is 60.6 Å². The normalized spacial score (nSPS) is 11.5. The van der Waals surface area contributed by atoms with Crippen molar-refractivity contribution in [2.75, 3.05) is 12.4 Å². The van der Waals surface area contributed by atoms with Crippen LogP contribution in [0.5, 0.6) is 0 Å². The van der Waals surface area contributed by atoms with Gasteiger partial charge in [-0.3, -0.25) is 0 Å². The SMILES string of the molecule is CNS(=O)(=O)c1ccc(Nc2c(F)cccc2F)c(-c2cn(C)cn2)c1. The third kappa shape index (κ3) is 3.44. The van der Waals surface area contributed by atoms with Gasteiger partial charge in [0, 0.05) is 24.5 Å². The topological polar surface area (TPSA) is 76.0 Å². The van der Waals surface area contributed by atoms with Gasteiger partial charge in [0.25, 0.3) is 0 Å². The summed E-state index contributed by atoms with van der Waals surface area (Å²) in [6.45, 7) is 0. The fourth-order valence-corrected chi connectivity index (χ4v) is 3.19. The minimum absolute atomic E-state index is 0.0141. The summed E-state index contributed by atoms with van der Waals surface area (Å²) in [6.07, 6.45) is 3.22. The van der Waals surface area contributed by atoms with Crippen LogP contribution in [-0.4, -0.2) is 25.0 Å². The third-order valence-electron chi connectivity index (χ3n) is 3.77. The van der Waals surface area contributed by atoms with Gasteiger partial charge in [-0.05, 0) is 37.4 Å². The van der Waals surface area contributed by atoms with Gasteiger partial charge in [0.15, 0.2) is 0 Å². The molecule has 9 heteroatoms. The zero-order chi connectivity index (χ0) is 18.9. The van der Waals surface area contributed by atoms with E-state index in [4.69, 9.17) is 0 Å². The molecule has 1 aromatic heterocycles. The molecule has 1 heterocycles. The lowest BCUT2D eigenvalue weighted by Crippen LogP contribution is -2.18. The van der Waals surface area contributed by atoms with Crippen LogP contribution < -0.4 is 10.0 Å². The Hall–Kier alpha value is -2.78. The van der Waals surface area contributed by atoms with Crippen molar-refractivity contribution in [1.29, 1.82) is 0 Å². The summed E-state index contributed by atoms with van der Waals surface area (Å²) in [5.41, 5.74) is 0.848. The van der Waals surface area contributed by atoms with Gasteiger partial charge in [-0.25, -0.2) is 26.9 Å². The van der Waals surface area contributed by atoms with Crippen molar-refractivity contribution in [2.24, 2.45) is 7.05 Å². The predicted molar refractivity (Wildman–Crippen MR) is 94.5 cm³/mol.